The van der Waals surface area contributed by atoms with Crippen LogP contribution in [0.4, 0.5) is 0 Å². The second-order valence-corrected chi connectivity index (χ2v) is 10.2. The van der Waals surface area contributed by atoms with Gasteiger partial charge in [0.05, 0.1) is 0 Å². The topological polar surface area (TPSA) is 26.3 Å². The van der Waals surface area contributed by atoms with Crippen LogP contribution in [0.1, 0.15) is 13.3 Å². The highest BCUT2D eigenvalue weighted by Gasteiger charge is 2.29. The van der Waals surface area contributed by atoms with Crippen LogP contribution in [0.5, 0.6) is 0 Å². The molecule has 0 aliphatic rings. The molecule has 0 saturated heterocycles. The Hall–Kier alpha value is -2.69. The number of benzene rings is 4. The second kappa shape index (κ2) is 9.63. The molecule has 0 aliphatic carbocycles. The zero-order valence-corrected chi connectivity index (χ0v) is 19.0. The maximum Gasteiger partial charge on any atom is 0.331 e. The van der Waals surface area contributed by atoms with Crippen LogP contribution in [0.15, 0.2) is 107 Å². The molecule has 31 heavy (non-hydrogen) atoms. The van der Waals surface area contributed by atoms with Crippen LogP contribution < -0.4 is 0 Å². The van der Waals surface area contributed by atoms with Crippen LogP contribution in [0.3, 0.4) is 0 Å². The molecular formula is C27H24O2S2. The molecule has 4 aromatic carbocycles. The molecule has 0 N–H and O–H groups in total. The minimum absolute atomic E-state index is 0.397. The first-order valence-corrected chi connectivity index (χ1v) is 12.0. The fourth-order valence-corrected chi connectivity index (χ4v) is 5.85. The number of esters is 1. The van der Waals surface area contributed by atoms with E-state index >= 15 is 0 Å². The third kappa shape index (κ3) is 5.52. The second-order valence-electron chi connectivity index (χ2n) is 7.48. The van der Waals surface area contributed by atoms with Crippen molar-refractivity contribution in [1.29, 1.82) is 0 Å². The van der Waals surface area contributed by atoms with E-state index in [1.165, 1.54) is 32.5 Å². The molecule has 0 radical (unpaired) electrons. The summed E-state index contributed by atoms with van der Waals surface area (Å²) < 4.78 is 5.80. The van der Waals surface area contributed by atoms with Gasteiger partial charge in [0.1, 0.15) is 0 Å². The number of fused-ring (bicyclic) bond motifs is 2. The number of carbonyl (C=O) groups excluding carboxylic acids is 1. The first-order chi connectivity index (χ1) is 15.0. The van der Waals surface area contributed by atoms with Crippen molar-refractivity contribution in [2.45, 2.75) is 28.1 Å². The van der Waals surface area contributed by atoms with Gasteiger partial charge in [0, 0.05) is 28.0 Å². The lowest BCUT2D eigenvalue weighted by Crippen LogP contribution is -2.28. The lowest BCUT2D eigenvalue weighted by atomic mass is 10.1. The molecule has 0 saturated carbocycles. The Kier molecular flexibility index (Phi) is 6.69. The summed E-state index contributed by atoms with van der Waals surface area (Å²) in [6.45, 7) is 5.54. The number of hydrogen-bond donors (Lipinski definition) is 0. The van der Waals surface area contributed by atoms with Crippen LogP contribution in [-0.4, -0.2) is 16.7 Å². The summed E-state index contributed by atoms with van der Waals surface area (Å²) in [5.41, 5.74) is 0. The van der Waals surface area contributed by atoms with E-state index in [-0.39, 0.29) is 0 Å². The molecule has 4 aromatic rings. The van der Waals surface area contributed by atoms with Gasteiger partial charge >= 0.3 is 5.97 Å². The summed E-state index contributed by atoms with van der Waals surface area (Å²) in [6, 6.07) is 29.5. The van der Waals surface area contributed by atoms with E-state index in [2.05, 4.69) is 79.4 Å². The first kappa shape index (κ1) is 21.5. The summed E-state index contributed by atoms with van der Waals surface area (Å²) in [4.78, 5) is 13.7. The standard InChI is InChI=1S/C27H24O2S2/c1-3-26(28)29-27(2,31-25-15-13-21-9-5-7-11-23(21)19-25)16-17-30-24-14-12-20-8-4-6-10-22(20)18-24/h3-15,18-19H,1,16-17H2,2H3. The van der Waals surface area contributed by atoms with Crippen LogP contribution in [-0.2, 0) is 9.53 Å². The van der Waals surface area contributed by atoms with Crippen LogP contribution in [0.25, 0.3) is 21.5 Å². The highest BCUT2D eigenvalue weighted by molar-refractivity contribution is 8.01. The maximum absolute atomic E-state index is 12.0. The van der Waals surface area contributed by atoms with Gasteiger partial charge in [-0.15, -0.1) is 11.8 Å². The third-order valence-electron chi connectivity index (χ3n) is 5.08. The number of thioether (sulfide) groups is 2. The predicted molar refractivity (Wildman–Crippen MR) is 134 cm³/mol. The molecule has 0 aromatic heterocycles. The number of hydrogen-bond acceptors (Lipinski definition) is 4. The molecular weight excluding hydrogens is 420 g/mol. The zero-order chi connectivity index (χ0) is 21.7. The Morgan fingerprint density at radius 2 is 1.42 bits per heavy atom. The highest BCUT2D eigenvalue weighted by atomic mass is 32.2. The molecule has 2 nitrogen and oxygen atoms in total. The molecule has 0 amide bonds. The van der Waals surface area contributed by atoms with E-state index in [0.29, 0.717) is 6.42 Å². The van der Waals surface area contributed by atoms with Gasteiger partial charge in [-0.25, -0.2) is 4.79 Å². The summed E-state index contributed by atoms with van der Waals surface area (Å²) in [7, 11) is 0. The predicted octanol–water partition coefficient (Wildman–Crippen LogP) is 7.71. The van der Waals surface area contributed by atoms with Gasteiger partial charge in [-0.1, -0.05) is 79.0 Å². The van der Waals surface area contributed by atoms with E-state index in [1.54, 1.807) is 23.5 Å². The molecule has 4 rings (SSSR count). The van der Waals surface area contributed by atoms with Crippen molar-refractivity contribution in [3.63, 3.8) is 0 Å². The fourth-order valence-electron chi connectivity index (χ4n) is 3.47. The van der Waals surface area contributed by atoms with Crippen molar-refractivity contribution in [2.75, 3.05) is 5.75 Å². The van der Waals surface area contributed by atoms with E-state index < -0.39 is 10.9 Å². The molecule has 1 unspecified atom stereocenters. The van der Waals surface area contributed by atoms with E-state index in [4.69, 9.17) is 4.74 Å². The molecule has 0 bridgehead atoms. The monoisotopic (exact) mass is 444 g/mol. The minimum Gasteiger partial charge on any atom is -0.445 e. The Labute approximate surface area is 191 Å². The Bertz CT molecular complexity index is 1230. The van der Waals surface area contributed by atoms with Crippen molar-refractivity contribution < 1.29 is 9.53 Å². The van der Waals surface area contributed by atoms with Gasteiger partial charge in [0.25, 0.3) is 0 Å². The van der Waals surface area contributed by atoms with E-state index in [9.17, 15) is 4.79 Å². The Morgan fingerprint density at radius 3 is 2.03 bits per heavy atom. The SMILES string of the molecule is C=CC(=O)OC(C)(CCSc1ccc2ccccc2c1)Sc1ccc2ccccc2c1. The van der Waals surface area contributed by atoms with Gasteiger partial charge in [0.15, 0.2) is 4.93 Å². The number of carbonyl (C=O) groups is 1. The molecule has 0 aliphatic heterocycles. The smallest absolute Gasteiger partial charge is 0.331 e. The van der Waals surface area contributed by atoms with Crippen LogP contribution in [0.2, 0.25) is 0 Å². The average Bonchev–Trinajstić information content (AvgIpc) is 2.78. The number of ether oxygens (including phenoxy) is 1. The molecule has 0 spiro atoms. The van der Waals surface area contributed by atoms with Gasteiger partial charge in [-0.05, 0) is 52.7 Å². The zero-order valence-electron chi connectivity index (χ0n) is 17.4. The van der Waals surface area contributed by atoms with E-state index in [0.717, 1.165) is 10.6 Å². The maximum atomic E-state index is 12.0. The van der Waals surface area contributed by atoms with Crippen molar-refractivity contribution in [3.05, 3.63) is 97.6 Å². The van der Waals surface area contributed by atoms with Gasteiger partial charge in [0.2, 0.25) is 0 Å². The van der Waals surface area contributed by atoms with Crippen molar-refractivity contribution in [3.8, 4) is 0 Å². The Morgan fingerprint density at radius 1 is 0.871 bits per heavy atom. The van der Waals surface area contributed by atoms with Crippen molar-refractivity contribution in [2.24, 2.45) is 0 Å². The molecule has 1 atom stereocenters. The van der Waals surface area contributed by atoms with Gasteiger partial charge < -0.3 is 4.74 Å². The third-order valence-corrected chi connectivity index (χ3v) is 7.29. The largest absolute Gasteiger partial charge is 0.445 e. The normalized spacial score (nSPS) is 13.1. The molecule has 0 heterocycles. The molecule has 0 fully saturated rings. The van der Waals surface area contributed by atoms with Crippen LogP contribution in [0, 0.1) is 0 Å². The van der Waals surface area contributed by atoms with Crippen molar-refractivity contribution >= 4 is 51.0 Å². The lowest BCUT2D eigenvalue weighted by molar-refractivity contribution is -0.144. The summed E-state index contributed by atoms with van der Waals surface area (Å²) >= 11 is 3.36. The fraction of sp³-hybridized carbons (Fsp3) is 0.148. The summed E-state index contributed by atoms with van der Waals surface area (Å²) in [5, 5.41) is 4.85. The lowest BCUT2D eigenvalue weighted by Gasteiger charge is -2.28. The van der Waals surface area contributed by atoms with Crippen LogP contribution >= 0.6 is 23.5 Å². The summed E-state index contributed by atoms with van der Waals surface area (Å²) in [6.07, 6.45) is 1.94. The van der Waals surface area contributed by atoms with E-state index in [1.807, 2.05) is 19.1 Å². The van der Waals surface area contributed by atoms with Gasteiger partial charge in [-0.3, -0.25) is 0 Å². The molecule has 4 heteroatoms. The first-order valence-electron chi connectivity index (χ1n) is 10.2. The summed E-state index contributed by atoms with van der Waals surface area (Å²) in [5.74, 6) is 0.436. The minimum atomic E-state index is -0.683. The van der Waals surface area contributed by atoms with Gasteiger partial charge in [-0.2, -0.15) is 0 Å². The highest BCUT2D eigenvalue weighted by Crippen LogP contribution is 2.39. The Balaban J connectivity index is 1.48. The van der Waals surface area contributed by atoms with Crippen molar-refractivity contribution in [1.82, 2.24) is 0 Å². The molecule has 156 valence electrons. The quantitative estimate of drug-likeness (QED) is 0.120. The number of rotatable bonds is 8. The average molecular weight is 445 g/mol.